The Hall–Kier alpha value is -4.04. The first-order chi connectivity index (χ1) is 16.7. The van der Waals surface area contributed by atoms with Crippen LogP contribution in [0.2, 0.25) is 5.02 Å². The van der Waals surface area contributed by atoms with E-state index in [1.54, 1.807) is 22.9 Å². The molecule has 2 N–H and O–H groups in total. The summed E-state index contributed by atoms with van der Waals surface area (Å²) < 4.78 is 15.7. The maximum atomic E-state index is 14.0. The fourth-order valence-electron chi connectivity index (χ4n) is 3.66. The van der Waals surface area contributed by atoms with Crippen molar-refractivity contribution in [1.29, 1.82) is 0 Å². The average molecular weight is 492 g/mol. The van der Waals surface area contributed by atoms with Crippen LogP contribution in [0.4, 0.5) is 15.8 Å². The van der Waals surface area contributed by atoms with Crippen molar-refractivity contribution in [2.75, 3.05) is 10.6 Å². The minimum absolute atomic E-state index is 0.0153. The Bertz CT molecular complexity index is 1420. The third-order valence-corrected chi connectivity index (χ3v) is 5.99. The van der Waals surface area contributed by atoms with Crippen LogP contribution in [0.25, 0.3) is 5.69 Å². The summed E-state index contributed by atoms with van der Waals surface area (Å²) >= 11 is 6.27. The molecular formula is C26H23ClFN5O2. The first kappa shape index (κ1) is 24.1. The third-order valence-electron chi connectivity index (χ3n) is 5.58. The molecule has 0 saturated heterocycles. The molecule has 0 aliphatic carbocycles. The number of carbonyl (C=O) groups excluding carboxylic acids is 2. The summed E-state index contributed by atoms with van der Waals surface area (Å²) in [5.41, 5.74) is 4.58. The van der Waals surface area contributed by atoms with Gasteiger partial charge in [-0.05, 0) is 68.8 Å². The number of nitrogens with one attached hydrogen (secondary N) is 2. The van der Waals surface area contributed by atoms with E-state index in [-0.39, 0.29) is 29.4 Å². The predicted molar refractivity (Wildman–Crippen MR) is 134 cm³/mol. The molecule has 0 atom stereocenters. The van der Waals surface area contributed by atoms with Crippen molar-refractivity contribution in [3.63, 3.8) is 0 Å². The number of carbonyl (C=O) groups is 2. The number of halogens is 2. The third kappa shape index (κ3) is 5.38. The lowest BCUT2D eigenvalue weighted by atomic mass is 10.1. The Labute approximate surface area is 207 Å². The van der Waals surface area contributed by atoms with Gasteiger partial charge in [0, 0.05) is 22.5 Å². The minimum Gasteiger partial charge on any atom is -0.324 e. The van der Waals surface area contributed by atoms with Crippen LogP contribution in [0.3, 0.4) is 0 Å². The summed E-state index contributed by atoms with van der Waals surface area (Å²) in [5.74, 6) is -1.40. The van der Waals surface area contributed by atoms with Crippen LogP contribution < -0.4 is 10.6 Å². The molecule has 2 aromatic carbocycles. The molecule has 0 fully saturated rings. The number of hydrogen-bond donors (Lipinski definition) is 2. The number of nitrogens with zero attached hydrogens (tertiary/aromatic N) is 3. The van der Waals surface area contributed by atoms with Gasteiger partial charge in [0.05, 0.1) is 29.2 Å². The van der Waals surface area contributed by atoms with Crippen LogP contribution in [0.15, 0.2) is 60.8 Å². The van der Waals surface area contributed by atoms with Crippen molar-refractivity contribution in [1.82, 2.24) is 14.8 Å². The molecule has 7 nitrogen and oxygen atoms in total. The molecule has 0 saturated carbocycles. The highest BCUT2D eigenvalue weighted by Gasteiger charge is 2.18. The summed E-state index contributed by atoms with van der Waals surface area (Å²) in [6.07, 6.45) is 1.51. The molecule has 4 aromatic rings. The molecule has 35 heavy (non-hydrogen) atoms. The van der Waals surface area contributed by atoms with Crippen LogP contribution in [0.5, 0.6) is 0 Å². The molecule has 0 aliphatic rings. The lowest BCUT2D eigenvalue weighted by Gasteiger charge is -2.13. The maximum absolute atomic E-state index is 14.0. The van der Waals surface area contributed by atoms with Gasteiger partial charge in [0.2, 0.25) is 5.91 Å². The molecule has 178 valence electrons. The van der Waals surface area contributed by atoms with E-state index in [2.05, 4.69) is 20.7 Å². The van der Waals surface area contributed by atoms with Crippen LogP contribution in [-0.2, 0) is 11.2 Å². The zero-order valence-corrected chi connectivity index (χ0v) is 20.2. The first-order valence-corrected chi connectivity index (χ1v) is 11.2. The van der Waals surface area contributed by atoms with Gasteiger partial charge in [-0.15, -0.1) is 0 Å². The second kappa shape index (κ2) is 10.1. The molecule has 0 bridgehead atoms. The minimum atomic E-state index is -0.549. The molecular weight excluding hydrogens is 469 g/mol. The van der Waals surface area contributed by atoms with Crippen molar-refractivity contribution >= 4 is 34.8 Å². The van der Waals surface area contributed by atoms with E-state index < -0.39 is 11.7 Å². The van der Waals surface area contributed by atoms with Gasteiger partial charge in [-0.3, -0.25) is 14.6 Å². The number of aromatic nitrogens is 3. The van der Waals surface area contributed by atoms with Gasteiger partial charge in [-0.25, -0.2) is 9.07 Å². The number of anilines is 2. The van der Waals surface area contributed by atoms with Gasteiger partial charge in [-0.1, -0.05) is 23.7 Å². The van der Waals surface area contributed by atoms with E-state index in [1.807, 2.05) is 39.0 Å². The highest BCUT2D eigenvalue weighted by molar-refractivity contribution is 6.31. The van der Waals surface area contributed by atoms with Gasteiger partial charge in [0.15, 0.2) is 0 Å². The summed E-state index contributed by atoms with van der Waals surface area (Å²) in [7, 11) is 0. The monoisotopic (exact) mass is 491 g/mol. The summed E-state index contributed by atoms with van der Waals surface area (Å²) in [6.45, 7) is 5.61. The molecule has 2 amide bonds. The Balaban J connectivity index is 1.54. The summed E-state index contributed by atoms with van der Waals surface area (Å²) in [5, 5.41) is 10.6. The van der Waals surface area contributed by atoms with Crippen molar-refractivity contribution in [2.24, 2.45) is 0 Å². The number of pyridine rings is 1. The van der Waals surface area contributed by atoms with Crippen LogP contribution in [0, 0.1) is 26.6 Å². The van der Waals surface area contributed by atoms with Gasteiger partial charge in [0.25, 0.3) is 5.91 Å². The van der Waals surface area contributed by atoms with Crippen molar-refractivity contribution in [2.45, 2.75) is 27.2 Å². The Kier molecular flexibility index (Phi) is 6.93. The zero-order valence-electron chi connectivity index (χ0n) is 19.4. The van der Waals surface area contributed by atoms with Gasteiger partial charge < -0.3 is 10.6 Å². The normalized spacial score (nSPS) is 10.8. The smallest absolute Gasteiger partial charge is 0.274 e. The molecule has 4 rings (SSSR count). The standard InChI is InChI=1S/C26H23ClFN5O2/c1-15-7-9-19(13-21(15)27)33-17(3)20(16(2)32-33)14-25(34)30-24-12-18(28)8-10-22(24)31-26(35)23-6-4-5-11-29-23/h4-13H,14H2,1-3H3,(H,30,34)(H,31,35). The predicted octanol–water partition coefficient (Wildman–Crippen LogP) is 5.42. The maximum Gasteiger partial charge on any atom is 0.274 e. The Morgan fingerprint density at radius 3 is 2.51 bits per heavy atom. The number of amides is 2. The SMILES string of the molecule is Cc1ccc(-n2nc(C)c(CC(=O)Nc3cc(F)ccc3NC(=O)c3ccccn3)c2C)cc1Cl. The number of aryl methyl sites for hydroxylation is 2. The average Bonchev–Trinajstić information content (AvgIpc) is 3.11. The number of rotatable bonds is 6. The molecule has 2 heterocycles. The fourth-order valence-corrected chi connectivity index (χ4v) is 3.84. The van der Waals surface area contributed by atoms with Crippen molar-refractivity contribution < 1.29 is 14.0 Å². The molecule has 0 aliphatic heterocycles. The number of hydrogen-bond acceptors (Lipinski definition) is 4. The fraction of sp³-hybridized carbons (Fsp3) is 0.154. The second-order valence-corrected chi connectivity index (χ2v) is 8.49. The van der Waals surface area contributed by atoms with Crippen LogP contribution in [-0.4, -0.2) is 26.6 Å². The second-order valence-electron chi connectivity index (χ2n) is 8.08. The summed E-state index contributed by atoms with van der Waals surface area (Å²) in [4.78, 5) is 29.4. The molecule has 0 radical (unpaired) electrons. The molecule has 2 aromatic heterocycles. The van der Waals surface area contributed by atoms with E-state index in [4.69, 9.17) is 11.6 Å². The quantitative estimate of drug-likeness (QED) is 0.377. The molecule has 0 unspecified atom stereocenters. The molecule has 9 heteroatoms. The highest BCUT2D eigenvalue weighted by Crippen LogP contribution is 2.26. The summed E-state index contributed by atoms with van der Waals surface area (Å²) in [6, 6.07) is 14.3. The Morgan fingerprint density at radius 1 is 1.00 bits per heavy atom. The highest BCUT2D eigenvalue weighted by atomic mass is 35.5. The molecule has 0 spiro atoms. The van der Waals surface area contributed by atoms with Gasteiger partial charge >= 0.3 is 0 Å². The van der Waals surface area contributed by atoms with Gasteiger partial charge in [0.1, 0.15) is 11.5 Å². The largest absolute Gasteiger partial charge is 0.324 e. The van der Waals surface area contributed by atoms with Crippen molar-refractivity contribution in [3.8, 4) is 5.69 Å². The van der Waals surface area contributed by atoms with Crippen LogP contribution in [0.1, 0.15) is 33.0 Å². The van der Waals surface area contributed by atoms with E-state index in [0.29, 0.717) is 10.7 Å². The van der Waals surface area contributed by atoms with E-state index >= 15 is 0 Å². The topological polar surface area (TPSA) is 88.9 Å². The lowest BCUT2D eigenvalue weighted by molar-refractivity contribution is -0.115. The first-order valence-electron chi connectivity index (χ1n) is 10.9. The lowest BCUT2D eigenvalue weighted by Crippen LogP contribution is -2.19. The van der Waals surface area contributed by atoms with E-state index in [0.717, 1.165) is 28.6 Å². The number of benzene rings is 2. The Morgan fingerprint density at radius 2 is 1.80 bits per heavy atom. The van der Waals surface area contributed by atoms with E-state index in [1.165, 1.54) is 18.3 Å². The zero-order chi connectivity index (χ0) is 25.1. The van der Waals surface area contributed by atoms with Crippen LogP contribution >= 0.6 is 11.6 Å². The van der Waals surface area contributed by atoms with E-state index in [9.17, 15) is 14.0 Å². The van der Waals surface area contributed by atoms with Gasteiger partial charge in [-0.2, -0.15) is 5.10 Å². The van der Waals surface area contributed by atoms with Crippen molar-refractivity contribution in [3.05, 3.63) is 99.8 Å².